The maximum atomic E-state index is 13.1. The Bertz CT molecular complexity index is 955. The Morgan fingerprint density at radius 2 is 1.82 bits per heavy atom. The zero-order valence-corrected chi connectivity index (χ0v) is 16.7. The molecule has 0 saturated carbocycles. The number of nitrogens with one attached hydrogen (secondary N) is 1. The number of rotatable bonds is 7. The normalized spacial score (nSPS) is 14.1. The Labute approximate surface area is 168 Å². The van der Waals surface area contributed by atoms with E-state index in [-0.39, 0.29) is 24.4 Å². The SMILES string of the molecule is COCCN1C(=O)C(Nc2ccc(C)c(Cl)c2)=C(c2ccccc2OC)C1=O. The van der Waals surface area contributed by atoms with Crippen molar-refractivity contribution >= 4 is 34.7 Å². The highest BCUT2D eigenvalue weighted by molar-refractivity contribution is 6.37. The van der Waals surface area contributed by atoms with Crippen molar-refractivity contribution in [1.82, 2.24) is 4.90 Å². The van der Waals surface area contributed by atoms with Gasteiger partial charge in [0.2, 0.25) is 0 Å². The van der Waals surface area contributed by atoms with Gasteiger partial charge in [-0.2, -0.15) is 0 Å². The van der Waals surface area contributed by atoms with E-state index in [1.54, 1.807) is 30.3 Å². The molecular weight excluding hydrogens is 380 g/mol. The average molecular weight is 401 g/mol. The number of hydrogen-bond acceptors (Lipinski definition) is 5. The molecule has 2 amide bonds. The van der Waals surface area contributed by atoms with Gasteiger partial charge >= 0.3 is 0 Å². The fourth-order valence-electron chi connectivity index (χ4n) is 2.99. The molecule has 0 aromatic heterocycles. The smallest absolute Gasteiger partial charge is 0.278 e. The number of hydrogen-bond donors (Lipinski definition) is 1. The highest BCUT2D eigenvalue weighted by Crippen LogP contribution is 2.35. The van der Waals surface area contributed by atoms with Crippen molar-refractivity contribution in [2.24, 2.45) is 0 Å². The van der Waals surface area contributed by atoms with Gasteiger partial charge in [0, 0.05) is 23.4 Å². The first kappa shape index (κ1) is 19.9. The molecular formula is C21H21ClN2O4. The average Bonchev–Trinajstić information content (AvgIpc) is 2.92. The molecule has 0 bridgehead atoms. The van der Waals surface area contributed by atoms with E-state index in [2.05, 4.69) is 5.32 Å². The summed E-state index contributed by atoms with van der Waals surface area (Å²) in [5, 5.41) is 3.65. The van der Waals surface area contributed by atoms with E-state index in [4.69, 9.17) is 21.1 Å². The molecule has 0 radical (unpaired) electrons. The summed E-state index contributed by atoms with van der Waals surface area (Å²) < 4.78 is 10.4. The van der Waals surface area contributed by atoms with E-state index in [1.807, 2.05) is 19.1 Å². The van der Waals surface area contributed by atoms with Crippen molar-refractivity contribution in [3.8, 4) is 5.75 Å². The van der Waals surface area contributed by atoms with E-state index >= 15 is 0 Å². The molecule has 1 heterocycles. The summed E-state index contributed by atoms with van der Waals surface area (Å²) in [5.74, 6) is -0.305. The molecule has 0 fully saturated rings. The lowest BCUT2D eigenvalue weighted by Gasteiger charge is -2.14. The molecule has 0 unspecified atom stereocenters. The lowest BCUT2D eigenvalue weighted by atomic mass is 10.0. The van der Waals surface area contributed by atoms with Gasteiger partial charge in [0.15, 0.2) is 0 Å². The maximum Gasteiger partial charge on any atom is 0.278 e. The zero-order chi connectivity index (χ0) is 20.3. The molecule has 146 valence electrons. The van der Waals surface area contributed by atoms with Crippen LogP contribution in [0.5, 0.6) is 5.75 Å². The first-order valence-electron chi connectivity index (χ1n) is 8.74. The molecule has 1 aliphatic heterocycles. The van der Waals surface area contributed by atoms with Gasteiger partial charge in [-0.3, -0.25) is 14.5 Å². The molecule has 0 atom stereocenters. The van der Waals surface area contributed by atoms with Crippen molar-refractivity contribution < 1.29 is 19.1 Å². The van der Waals surface area contributed by atoms with E-state index < -0.39 is 11.8 Å². The molecule has 0 aliphatic carbocycles. The van der Waals surface area contributed by atoms with Gasteiger partial charge in [0.25, 0.3) is 11.8 Å². The lowest BCUT2D eigenvalue weighted by molar-refractivity contribution is -0.137. The van der Waals surface area contributed by atoms with E-state index in [1.165, 1.54) is 19.1 Å². The Morgan fingerprint density at radius 3 is 2.50 bits per heavy atom. The van der Waals surface area contributed by atoms with Crippen LogP contribution in [0.25, 0.3) is 5.57 Å². The van der Waals surface area contributed by atoms with Crippen LogP contribution in [0.4, 0.5) is 5.69 Å². The number of halogens is 1. The largest absolute Gasteiger partial charge is 0.496 e. The predicted molar refractivity (Wildman–Crippen MR) is 108 cm³/mol. The van der Waals surface area contributed by atoms with Crippen LogP contribution in [0, 0.1) is 6.92 Å². The summed E-state index contributed by atoms with van der Waals surface area (Å²) in [6, 6.07) is 12.5. The minimum atomic E-state index is -0.417. The quantitative estimate of drug-likeness (QED) is 0.720. The number of anilines is 1. The van der Waals surface area contributed by atoms with Crippen LogP contribution in [0.15, 0.2) is 48.2 Å². The van der Waals surface area contributed by atoms with Crippen LogP contribution in [-0.2, 0) is 14.3 Å². The number of methoxy groups -OCH3 is 2. The predicted octanol–water partition coefficient (Wildman–Crippen LogP) is 3.50. The Balaban J connectivity index is 2.09. The van der Waals surface area contributed by atoms with Gasteiger partial charge < -0.3 is 14.8 Å². The summed E-state index contributed by atoms with van der Waals surface area (Å²) >= 11 is 6.21. The van der Waals surface area contributed by atoms with Gasteiger partial charge in [-0.25, -0.2) is 0 Å². The molecule has 0 saturated heterocycles. The molecule has 1 N–H and O–H groups in total. The van der Waals surface area contributed by atoms with Crippen molar-refractivity contribution in [3.05, 3.63) is 64.3 Å². The molecule has 0 spiro atoms. The number of benzene rings is 2. The topological polar surface area (TPSA) is 67.9 Å². The van der Waals surface area contributed by atoms with Crippen LogP contribution in [0.1, 0.15) is 11.1 Å². The summed E-state index contributed by atoms with van der Waals surface area (Å²) in [4.78, 5) is 27.3. The minimum Gasteiger partial charge on any atom is -0.496 e. The summed E-state index contributed by atoms with van der Waals surface area (Å²) in [5.41, 5.74) is 2.53. The van der Waals surface area contributed by atoms with Crippen LogP contribution in [0.2, 0.25) is 5.02 Å². The number of carbonyl (C=O) groups is 2. The number of amides is 2. The molecule has 7 heteroatoms. The number of carbonyl (C=O) groups excluding carboxylic acids is 2. The minimum absolute atomic E-state index is 0.159. The lowest BCUT2D eigenvalue weighted by Crippen LogP contribution is -2.35. The second-order valence-electron chi connectivity index (χ2n) is 6.29. The monoisotopic (exact) mass is 400 g/mol. The molecule has 2 aromatic rings. The van der Waals surface area contributed by atoms with Gasteiger partial charge in [0.1, 0.15) is 11.4 Å². The Hall–Kier alpha value is -2.83. The highest BCUT2D eigenvalue weighted by atomic mass is 35.5. The van der Waals surface area contributed by atoms with Crippen LogP contribution in [-0.4, -0.2) is 44.1 Å². The Kier molecular flexibility index (Phi) is 6.02. The van der Waals surface area contributed by atoms with Gasteiger partial charge in [-0.1, -0.05) is 35.9 Å². The Morgan fingerprint density at radius 1 is 1.07 bits per heavy atom. The third-order valence-electron chi connectivity index (χ3n) is 4.50. The summed E-state index contributed by atoms with van der Waals surface area (Å²) in [6.07, 6.45) is 0. The van der Waals surface area contributed by atoms with Crippen LogP contribution >= 0.6 is 11.6 Å². The fraction of sp³-hybridized carbons (Fsp3) is 0.238. The van der Waals surface area contributed by atoms with Crippen molar-refractivity contribution in [2.75, 3.05) is 32.7 Å². The third-order valence-corrected chi connectivity index (χ3v) is 4.91. The molecule has 2 aromatic carbocycles. The maximum absolute atomic E-state index is 13.1. The number of ether oxygens (including phenoxy) is 2. The van der Waals surface area contributed by atoms with Crippen LogP contribution in [0.3, 0.4) is 0 Å². The van der Waals surface area contributed by atoms with Crippen molar-refractivity contribution in [3.63, 3.8) is 0 Å². The first-order valence-corrected chi connectivity index (χ1v) is 9.11. The second-order valence-corrected chi connectivity index (χ2v) is 6.70. The number of aryl methyl sites for hydroxylation is 1. The number of para-hydroxylation sites is 1. The summed E-state index contributed by atoms with van der Waals surface area (Å²) in [6.45, 7) is 2.30. The standard InChI is InChI=1S/C21H21ClN2O4/c1-13-8-9-14(12-16(13)22)23-19-18(15-6-4-5-7-17(15)28-3)20(25)24(21(19)26)10-11-27-2/h4-9,12,23H,10-11H2,1-3H3. The van der Waals surface area contributed by atoms with E-state index in [9.17, 15) is 9.59 Å². The van der Waals surface area contributed by atoms with Gasteiger partial charge in [0.05, 0.1) is 25.8 Å². The highest BCUT2D eigenvalue weighted by Gasteiger charge is 2.40. The van der Waals surface area contributed by atoms with Gasteiger partial charge in [-0.15, -0.1) is 0 Å². The molecule has 3 rings (SSSR count). The summed E-state index contributed by atoms with van der Waals surface area (Å²) in [7, 11) is 3.04. The first-order chi connectivity index (χ1) is 13.5. The third kappa shape index (κ3) is 3.74. The fourth-order valence-corrected chi connectivity index (χ4v) is 3.17. The zero-order valence-electron chi connectivity index (χ0n) is 15.9. The second kappa shape index (κ2) is 8.46. The molecule has 28 heavy (non-hydrogen) atoms. The van der Waals surface area contributed by atoms with E-state index in [0.717, 1.165) is 5.56 Å². The van der Waals surface area contributed by atoms with Crippen molar-refractivity contribution in [1.29, 1.82) is 0 Å². The van der Waals surface area contributed by atoms with Crippen molar-refractivity contribution in [2.45, 2.75) is 6.92 Å². The number of nitrogens with zero attached hydrogens (tertiary/aromatic N) is 1. The van der Waals surface area contributed by atoms with E-state index in [0.29, 0.717) is 22.0 Å². The molecule has 6 nitrogen and oxygen atoms in total. The van der Waals surface area contributed by atoms with Gasteiger partial charge in [-0.05, 0) is 30.7 Å². The van der Waals surface area contributed by atoms with Crippen LogP contribution < -0.4 is 10.1 Å². The number of imide groups is 1. The molecule has 1 aliphatic rings.